The van der Waals surface area contributed by atoms with Crippen LogP contribution in [0.1, 0.15) is 36.0 Å². The van der Waals surface area contributed by atoms with Crippen LogP contribution >= 0.6 is 0 Å². The maximum absolute atomic E-state index is 13.0. The maximum atomic E-state index is 13.0. The molecule has 0 spiro atoms. The minimum Gasteiger partial charge on any atom is -0.495 e. The van der Waals surface area contributed by atoms with Crippen molar-refractivity contribution in [2.24, 2.45) is 0 Å². The number of hydrogen-bond acceptors (Lipinski definition) is 4. The fourth-order valence-electron chi connectivity index (χ4n) is 3.96. The first-order valence-corrected chi connectivity index (χ1v) is 10.5. The van der Waals surface area contributed by atoms with E-state index in [-0.39, 0.29) is 16.7 Å². The highest BCUT2D eigenvalue weighted by Crippen LogP contribution is 2.44. The molecule has 0 saturated carbocycles. The van der Waals surface area contributed by atoms with Gasteiger partial charge in [-0.05, 0) is 67.6 Å². The number of anilines is 2. The molecule has 6 nitrogen and oxygen atoms in total. The number of ether oxygens (including phenoxy) is 1. The number of carbonyl (C=O) groups excluding carboxylic acids is 1. The molecule has 2 heterocycles. The van der Waals surface area contributed by atoms with E-state index < -0.39 is 10.0 Å². The van der Waals surface area contributed by atoms with Crippen molar-refractivity contribution in [1.82, 2.24) is 0 Å². The van der Waals surface area contributed by atoms with Crippen molar-refractivity contribution in [3.8, 4) is 5.75 Å². The average Bonchev–Trinajstić information content (AvgIpc) is 2.88. The van der Waals surface area contributed by atoms with Crippen LogP contribution in [0, 0.1) is 6.92 Å². The topological polar surface area (TPSA) is 75.7 Å². The van der Waals surface area contributed by atoms with Crippen LogP contribution < -0.4 is 14.4 Å². The molecule has 142 valence electrons. The van der Waals surface area contributed by atoms with Crippen molar-refractivity contribution in [2.75, 3.05) is 23.3 Å². The predicted octanol–water partition coefficient (Wildman–Crippen LogP) is 3.20. The van der Waals surface area contributed by atoms with Crippen molar-refractivity contribution < 1.29 is 17.9 Å². The van der Waals surface area contributed by atoms with Gasteiger partial charge in [0.1, 0.15) is 10.6 Å². The van der Waals surface area contributed by atoms with E-state index in [9.17, 15) is 13.2 Å². The Morgan fingerprint density at radius 3 is 2.74 bits per heavy atom. The Labute approximate surface area is 159 Å². The van der Waals surface area contributed by atoms with Gasteiger partial charge in [-0.3, -0.25) is 9.52 Å². The summed E-state index contributed by atoms with van der Waals surface area (Å²) in [7, 11) is -2.37. The standard InChI is InChI=1S/C20H22N2O4S/c1-12-6-7-17(26-3)18(9-12)27(24,25)21-15-10-14-5-4-8-22-19(14)16(11-15)13(2)20(22)23/h6-7,9-11,13,21H,4-5,8H2,1-3H3/t13-/m1/s1. The third kappa shape index (κ3) is 2.86. The molecule has 1 atom stereocenters. The van der Waals surface area contributed by atoms with E-state index >= 15 is 0 Å². The third-order valence-electron chi connectivity index (χ3n) is 5.28. The normalized spacial score (nSPS) is 18.4. The highest BCUT2D eigenvalue weighted by atomic mass is 32.2. The summed E-state index contributed by atoms with van der Waals surface area (Å²) in [5, 5.41) is 0. The molecule has 7 heteroatoms. The predicted molar refractivity (Wildman–Crippen MR) is 104 cm³/mol. The van der Waals surface area contributed by atoms with E-state index in [1.165, 1.54) is 7.11 Å². The number of nitrogens with one attached hydrogen (secondary N) is 1. The number of aryl methyl sites for hydroxylation is 2. The average molecular weight is 386 g/mol. The molecule has 0 aliphatic carbocycles. The van der Waals surface area contributed by atoms with Gasteiger partial charge in [0.25, 0.3) is 10.0 Å². The second kappa shape index (κ2) is 6.27. The number of rotatable bonds is 4. The van der Waals surface area contributed by atoms with Crippen LogP contribution in [0.5, 0.6) is 5.75 Å². The summed E-state index contributed by atoms with van der Waals surface area (Å²) < 4.78 is 33.9. The van der Waals surface area contributed by atoms with Crippen LogP contribution in [0.2, 0.25) is 0 Å². The summed E-state index contributed by atoms with van der Waals surface area (Å²) in [5.41, 5.74) is 4.19. The molecular formula is C20H22N2O4S. The van der Waals surface area contributed by atoms with E-state index in [1.807, 2.05) is 24.8 Å². The lowest BCUT2D eigenvalue weighted by atomic mass is 9.96. The molecule has 0 bridgehead atoms. The van der Waals surface area contributed by atoms with Gasteiger partial charge >= 0.3 is 0 Å². The van der Waals surface area contributed by atoms with Gasteiger partial charge in [0.2, 0.25) is 5.91 Å². The molecule has 2 aliphatic heterocycles. The molecule has 2 aromatic carbocycles. The molecule has 2 aromatic rings. The highest BCUT2D eigenvalue weighted by Gasteiger charge is 2.38. The van der Waals surface area contributed by atoms with Crippen molar-refractivity contribution >= 4 is 27.3 Å². The van der Waals surface area contributed by atoms with E-state index in [0.717, 1.165) is 41.8 Å². The van der Waals surface area contributed by atoms with Crippen LogP contribution in [-0.4, -0.2) is 28.0 Å². The Balaban J connectivity index is 1.76. The van der Waals surface area contributed by atoms with Crippen molar-refractivity contribution in [2.45, 2.75) is 37.5 Å². The molecule has 0 fully saturated rings. The number of carbonyl (C=O) groups is 1. The summed E-state index contributed by atoms with van der Waals surface area (Å²) >= 11 is 0. The highest BCUT2D eigenvalue weighted by molar-refractivity contribution is 7.92. The van der Waals surface area contributed by atoms with Gasteiger partial charge in [-0.1, -0.05) is 6.07 Å². The van der Waals surface area contributed by atoms with Crippen molar-refractivity contribution in [3.63, 3.8) is 0 Å². The smallest absolute Gasteiger partial charge is 0.265 e. The zero-order valence-electron chi connectivity index (χ0n) is 15.6. The molecule has 0 aromatic heterocycles. The quantitative estimate of drug-likeness (QED) is 0.876. The first-order chi connectivity index (χ1) is 12.8. The Morgan fingerprint density at radius 2 is 2.00 bits per heavy atom. The summed E-state index contributed by atoms with van der Waals surface area (Å²) in [6.07, 6.45) is 1.72. The van der Waals surface area contributed by atoms with E-state index in [2.05, 4.69) is 4.72 Å². The van der Waals surface area contributed by atoms with Crippen LogP contribution in [0.3, 0.4) is 0 Å². The second-order valence-corrected chi connectivity index (χ2v) is 8.80. The lowest BCUT2D eigenvalue weighted by Crippen LogP contribution is -2.32. The molecule has 0 unspecified atom stereocenters. The van der Waals surface area contributed by atoms with E-state index in [1.54, 1.807) is 24.3 Å². The van der Waals surface area contributed by atoms with Crippen LogP contribution in [0.25, 0.3) is 0 Å². The summed E-state index contributed by atoms with van der Waals surface area (Å²) in [6.45, 7) is 4.44. The van der Waals surface area contributed by atoms with Gasteiger partial charge < -0.3 is 9.64 Å². The Morgan fingerprint density at radius 1 is 1.22 bits per heavy atom. The fraction of sp³-hybridized carbons (Fsp3) is 0.350. The molecular weight excluding hydrogens is 364 g/mol. The monoisotopic (exact) mass is 386 g/mol. The molecule has 27 heavy (non-hydrogen) atoms. The minimum atomic E-state index is -3.82. The molecule has 1 amide bonds. The largest absolute Gasteiger partial charge is 0.495 e. The van der Waals surface area contributed by atoms with Gasteiger partial charge in [0, 0.05) is 12.2 Å². The van der Waals surface area contributed by atoms with Gasteiger partial charge in [0.05, 0.1) is 18.7 Å². The number of nitrogens with zero attached hydrogens (tertiary/aromatic N) is 1. The number of amides is 1. The lowest BCUT2D eigenvalue weighted by Gasteiger charge is -2.26. The van der Waals surface area contributed by atoms with Crippen LogP contribution in [0.4, 0.5) is 11.4 Å². The molecule has 0 radical (unpaired) electrons. The van der Waals surface area contributed by atoms with Crippen LogP contribution in [0.15, 0.2) is 35.2 Å². The molecule has 4 rings (SSSR count). The van der Waals surface area contributed by atoms with Crippen molar-refractivity contribution in [1.29, 1.82) is 0 Å². The SMILES string of the molecule is COc1ccc(C)cc1S(=O)(=O)Nc1cc2c3c(c1)[C@@H](C)C(=O)N3CCC2. The van der Waals surface area contributed by atoms with Gasteiger partial charge in [0.15, 0.2) is 0 Å². The lowest BCUT2D eigenvalue weighted by molar-refractivity contribution is -0.119. The Hall–Kier alpha value is -2.54. The zero-order valence-corrected chi connectivity index (χ0v) is 16.4. The first kappa shape index (κ1) is 17.9. The Bertz CT molecular complexity index is 1050. The van der Waals surface area contributed by atoms with E-state index in [4.69, 9.17) is 4.74 Å². The first-order valence-electron chi connectivity index (χ1n) is 8.97. The number of hydrogen-bond donors (Lipinski definition) is 1. The molecule has 0 saturated heterocycles. The van der Waals surface area contributed by atoms with Gasteiger partial charge in [-0.2, -0.15) is 0 Å². The third-order valence-corrected chi connectivity index (χ3v) is 6.68. The molecule has 1 N–H and O–H groups in total. The minimum absolute atomic E-state index is 0.0892. The van der Waals surface area contributed by atoms with Gasteiger partial charge in [-0.15, -0.1) is 0 Å². The van der Waals surface area contributed by atoms with Gasteiger partial charge in [-0.25, -0.2) is 8.42 Å². The number of sulfonamides is 1. The van der Waals surface area contributed by atoms with E-state index in [0.29, 0.717) is 11.4 Å². The summed E-state index contributed by atoms with van der Waals surface area (Å²) in [4.78, 5) is 14.4. The zero-order chi connectivity index (χ0) is 19.3. The Kier molecular flexibility index (Phi) is 4.14. The summed E-state index contributed by atoms with van der Waals surface area (Å²) in [5.74, 6) is 0.131. The number of benzene rings is 2. The van der Waals surface area contributed by atoms with Crippen molar-refractivity contribution in [3.05, 3.63) is 47.0 Å². The maximum Gasteiger partial charge on any atom is 0.265 e. The number of methoxy groups -OCH3 is 1. The summed E-state index contributed by atoms with van der Waals surface area (Å²) in [6, 6.07) is 8.67. The van der Waals surface area contributed by atoms with Crippen LogP contribution in [-0.2, 0) is 21.2 Å². The molecule has 2 aliphatic rings. The fourth-order valence-corrected chi connectivity index (χ4v) is 5.25. The second-order valence-electron chi connectivity index (χ2n) is 7.15.